The van der Waals surface area contributed by atoms with E-state index >= 15 is 0 Å². The highest BCUT2D eigenvalue weighted by Crippen LogP contribution is 2.31. The summed E-state index contributed by atoms with van der Waals surface area (Å²) in [6.07, 6.45) is 0. The van der Waals surface area contributed by atoms with Crippen molar-refractivity contribution < 1.29 is 13.9 Å². The number of hydrogen-bond acceptors (Lipinski definition) is 1. The standard InChI is InChI=1S/C12H7BrF2O/c13-10-5-7(1-4-12(10)16)9-3-2-8(14)6-11(9)15/h1-6,16H. The summed E-state index contributed by atoms with van der Waals surface area (Å²) in [6, 6.07) is 7.98. The maximum atomic E-state index is 13.5. The number of phenols is 1. The summed E-state index contributed by atoms with van der Waals surface area (Å²) >= 11 is 3.14. The van der Waals surface area contributed by atoms with Crippen LogP contribution in [0.2, 0.25) is 0 Å². The zero-order chi connectivity index (χ0) is 11.7. The minimum atomic E-state index is -0.627. The van der Waals surface area contributed by atoms with Gasteiger partial charge in [0, 0.05) is 11.6 Å². The molecule has 0 aromatic heterocycles. The van der Waals surface area contributed by atoms with Crippen molar-refractivity contribution in [1.29, 1.82) is 0 Å². The van der Waals surface area contributed by atoms with Gasteiger partial charge in [0.25, 0.3) is 0 Å². The first-order valence-corrected chi connectivity index (χ1v) is 5.31. The summed E-state index contributed by atoms with van der Waals surface area (Å²) in [5.41, 5.74) is 0.865. The van der Waals surface area contributed by atoms with Crippen LogP contribution >= 0.6 is 15.9 Å². The molecule has 0 unspecified atom stereocenters. The summed E-state index contributed by atoms with van der Waals surface area (Å²) in [7, 11) is 0. The van der Waals surface area contributed by atoms with Crippen LogP contribution in [0.1, 0.15) is 0 Å². The van der Waals surface area contributed by atoms with Gasteiger partial charge in [-0.15, -0.1) is 0 Å². The van der Waals surface area contributed by atoms with E-state index in [1.54, 1.807) is 12.1 Å². The molecule has 0 aliphatic heterocycles. The van der Waals surface area contributed by atoms with E-state index in [-0.39, 0.29) is 5.75 Å². The van der Waals surface area contributed by atoms with Gasteiger partial charge in [0.2, 0.25) is 0 Å². The number of aromatic hydroxyl groups is 1. The number of benzene rings is 2. The highest BCUT2D eigenvalue weighted by molar-refractivity contribution is 9.10. The SMILES string of the molecule is Oc1ccc(-c2ccc(F)cc2F)cc1Br. The third-order valence-electron chi connectivity index (χ3n) is 2.19. The van der Waals surface area contributed by atoms with Gasteiger partial charge < -0.3 is 5.11 Å². The molecule has 0 radical (unpaired) electrons. The Hall–Kier alpha value is -1.42. The molecular formula is C12H7BrF2O. The van der Waals surface area contributed by atoms with Gasteiger partial charge in [-0.25, -0.2) is 8.78 Å². The second-order valence-electron chi connectivity index (χ2n) is 3.29. The highest BCUT2D eigenvalue weighted by atomic mass is 79.9. The molecule has 0 fully saturated rings. The molecule has 16 heavy (non-hydrogen) atoms. The van der Waals surface area contributed by atoms with Crippen LogP contribution in [0.5, 0.6) is 5.75 Å². The summed E-state index contributed by atoms with van der Waals surface area (Å²) in [4.78, 5) is 0. The Labute approximate surface area is 99.5 Å². The van der Waals surface area contributed by atoms with E-state index in [9.17, 15) is 13.9 Å². The Bertz CT molecular complexity index is 541. The Morgan fingerprint density at radius 2 is 1.75 bits per heavy atom. The molecule has 0 bridgehead atoms. The van der Waals surface area contributed by atoms with Gasteiger partial charge in [0.15, 0.2) is 0 Å². The molecule has 0 spiro atoms. The van der Waals surface area contributed by atoms with Crippen LogP contribution in [0.4, 0.5) is 8.78 Å². The maximum absolute atomic E-state index is 13.5. The Balaban J connectivity index is 2.54. The van der Waals surface area contributed by atoms with Gasteiger partial charge in [0.05, 0.1) is 4.47 Å². The van der Waals surface area contributed by atoms with E-state index in [4.69, 9.17) is 0 Å². The van der Waals surface area contributed by atoms with E-state index in [0.29, 0.717) is 15.6 Å². The summed E-state index contributed by atoms with van der Waals surface area (Å²) in [5, 5.41) is 9.30. The lowest BCUT2D eigenvalue weighted by Gasteiger charge is -2.05. The summed E-state index contributed by atoms with van der Waals surface area (Å²) < 4.78 is 26.6. The Kier molecular flexibility index (Phi) is 2.92. The molecule has 2 aromatic rings. The predicted molar refractivity (Wildman–Crippen MR) is 61.2 cm³/mol. The third kappa shape index (κ3) is 2.07. The lowest BCUT2D eigenvalue weighted by Crippen LogP contribution is -1.86. The zero-order valence-electron chi connectivity index (χ0n) is 8.05. The Morgan fingerprint density at radius 3 is 2.38 bits per heavy atom. The third-order valence-corrected chi connectivity index (χ3v) is 2.82. The predicted octanol–water partition coefficient (Wildman–Crippen LogP) is 4.10. The van der Waals surface area contributed by atoms with Gasteiger partial charge in [-0.3, -0.25) is 0 Å². The van der Waals surface area contributed by atoms with Crippen molar-refractivity contribution in [2.45, 2.75) is 0 Å². The van der Waals surface area contributed by atoms with Crippen molar-refractivity contribution in [3.63, 3.8) is 0 Å². The fourth-order valence-corrected chi connectivity index (χ4v) is 1.78. The lowest BCUT2D eigenvalue weighted by atomic mass is 10.1. The largest absolute Gasteiger partial charge is 0.507 e. The van der Waals surface area contributed by atoms with Crippen LogP contribution in [0.25, 0.3) is 11.1 Å². The maximum Gasteiger partial charge on any atom is 0.133 e. The topological polar surface area (TPSA) is 20.2 Å². The van der Waals surface area contributed by atoms with E-state index in [1.807, 2.05) is 0 Å². The molecule has 0 aliphatic carbocycles. The highest BCUT2D eigenvalue weighted by Gasteiger charge is 2.08. The van der Waals surface area contributed by atoms with Crippen molar-refractivity contribution in [3.05, 3.63) is 52.5 Å². The molecule has 0 heterocycles. The molecule has 1 nitrogen and oxygen atoms in total. The molecule has 4 heteroatoms. The van der Waals surface area contributed by atoms with Crippen LogP contribution in [-0.4, -0.2) is 5.11 Å². The molecular weight excluding hydrogens is 278 g/mol. The summed E-state index contributed by atoms with van der Waals surface area (Å²) in [5.74, 6) is -1.16. The molecule has 0 aliphatic rings. The molecule has 1 N–H and O–H groups in total. The van der Waals surface area contributed by atoms with Crippen molar-refractivity contribution in [2.75, 3.05) is 0 Å². The van der Waals surface area contributed by atoms with Crippen LogP contribution < -0.4 is 0 Å². The van der Waals surface area contributed by atoms with Gasteiger partial charge >= 0.3 is 0 Å². The normalized spacial score (nSPS) is 10.4. The van der Waals surface area contributed by atoms with Crippen molar-refractivity contribution in [2.24, 2.45) is 0 Å². The molecule has 0 saturated heterocycles. The number of rotatable bonds is 1. The number of halogens is 3. The minimum Gasteiger partial charge on any atom is -0.507 e. The second-order valence-corrected chi connectivity index (χ2v) is 4.14. The molecule has 0 saturated carbocycles. The fourth-order valence-electron chi connectivity index (χ4n) is 1.40. The van der Waals surface area contributed by atoms with Gasteiger partial charge in [-0.05, 0) is 45.8 Å². The van der Waals surface area contributed by atoms with Gasteiger partial charge in [-0.1, -0.05) is 6.07 Å². The van der Waals surface area contributed by atoms with Crippen LogP contribution in [-0.2, 0) is 0 Å². The fraction of sp³-hybridized carbons (Fsp3) is 0. The summed E-state index contributed by atoms with van der Waals surface area (Å²) in [6.45, 7) is 0. The first-order chi connectivity index (χ1) is 7.58. The monoisotopic (exact) mass is 284 g/mol. The van der Waals surface area contributed by atoms with Gasteiger partial charge in [-0.2, -0.15) is 0 Å². The van der Waals surface area contributed by atoms with Crippen molar-refractivity contribution in [3.8, 4) is 16.9 Å². The smallest absolute Gasteiger partial charge is 0.133 e. The first kappa shape index (κ1) is 11.1. The van der Waals surface area contributed by atoms with E-state index in [2.05, 4.69) is 15.9 Å². The van der Waals surface area contributed by atoms with Crippen LogP contribution in [0, 0.1) is 11.6 Å². The molecule has 82 valence electrons. The lowest BCUT2D eigenvalue weighted by molar-refractivity contribution is 0.472. The molecule has 2 aromatic carbocycles. The van der Waals surface area contributed by atoms with Crippen molar-refractivity contribution in [1.82, 2.24) is 0 Å². The van der Waals surface area contributed by atoms with Crippen LogP contribution in [0.15, 0.2) is 40.9 Å². The minimum absolute atomic E-state index is 0.0752. The number of phenolic OH excluding ortho intramolecular Hbond substituents is 1. The van der Waals surface area contributed by atoms with E-state index in [1.165, 1.54) is 18.2 Å². The molecule has 2 rings (SSSR count). The molecule has 0 atom stereocenters. The van der Waals surface area contributed by atoms with E-state index < -0.39 is 11.6 Å². The van der Waals surface area contributed by atoms with E-state index in [0.717, 1.165) is 6.07 Å². The first-order valence-electron chi connectivity index (χ1n) is 4.52. The quantitative estimate of drug-likeness (QED) is 0.836. The van der Waals surface area contributed by atoms with Gasteiger partial charge in [0.1, 0.15) is 17.4 Å². The average molecular weight is 285 g/mol. The molecule has 0 amide bonds. The Morgan fingerprint density at radius 1 is 1.00 bits per heavy atom. The number of hydrogen-bond donors (Lipinski definition) is 1. The average Bonchev–Trinajstić information content (AvgIpc) is 2.22. The zero-order valence-corrected chi connectivity index (χ0v) is 9.63. The second kappa shape index (κ2) is 4.22. The van der Waals surface area contributed by atoms with Crippen molar-refractivity contribution >= 4 is 15.9 Å². The van der Waals surface area contributed by atoms with Crippen LogP contribution in [0.3, 0.4) is 0 Å².